The summed E-state index contributed by atoms with van der Waals surface area (Å²) < 4.78 is 12.9. The van der Waals surface area contributed by atoms with Crippen molar-refractivity contribution in [1.82, 2.24) is 0 Å². The SMILES string of the molecule is C[C@@H](Sc1[nH+]c(N)c(C#N)cc1C#N)C(=O)Nc1ccc(F)cc1. The number of amides is 1. The molecule has 0 radical (unpaired) electrons. The number of nitrogen functional groups attached to an aromatic ring is 1. The molecule has 0 unspecified atom stereocenters. The van der Waals surface area contributed by atoms with E-state index >= 15 is 0 Å². The van der Waals surface area contributed by atoms with Gasteiger partial charge in [0.05, 0.1) is 5.25 Å². The summed E-state index contributed by atoms with van der Waals surface area (Å²) in [4.78, 5) is 15.0. The molecule has 4 N–H and O–H groups in total. The minimum Gasteiger partial charge on any atom is -0.325 e. The molecule has 2 rings (SSSR count). The fourth-order valence-electron chi connectivity index (χ4n) is 1.82. The van der Waals surface area contributed by atoms with Crippen molar-refractivity contribution in [2.45, 2.75) is 17.2 Å². The Hall–Kier alpha value is -3.10. The van der Waals surface area contributed by atoms with Gasteiger partial charge in [-0.1, -0.05) is 11.8 Å². The van der Waals surface area contributed by atoms with Gasteiger partial charge in [-0.05, 0) is 37.3 Å². The lowest BCUT2D eigenvalue weighted by molar-refractivity contribution is -0.410. The fourth-order valence-corrected chi connectivity index (χ4v) is 2.74. The summed E-state index contributed by atoms with van der Waals surface area (Å²) in [6, 6.07) is 10.6. The van der Waals surface area contributed by atoms with Gasteiger partial charge in [0.1, 0.15) is 29.1 Å². The highest BCUT2D eigenvalue weighted by Gasteiger charge is 2.21. The number of carbonyl (C=O) groups excluding carboxylic acids is 1. The maximum absolute atomic E-state index is 12.9. The number of aromatic nitrogens is 1. The van der Waals surface area contributed by atoms with Gasteiger partial charge in [0.25, 0.3) is 5.82 Å². The third-order valence-corrected chi connectivity index (χ3v) is 4.21. The van der Waals surface area contributed by atoms with E-state index in [1.165, 1.54) is 30.3 Å². The molecule has 120 valence electrons. The zero-order valence-electron chi connectivity index (χ0n) is 12.6. The molecule has 0 saturated carbocycles. The Morgan fingerprint density at radius 2 is 1.92 bits per heavy atom. The summed E-state index contributed by atoms with van der Waals surface area (Å²) in [6.45, 7) is 1.66. The number of thioether (sulfide) groups is 1. The predicted molar refractivity (Wildman–Crippen MR) is 87.2 cm³/mol. The van der Waals surface area contributed by atoms with Crippen LogP contribution >= 0.6 is 11.8 Å². The molecule has 6 nitrogen and oxygen atoms in total. The molecule has 0 bridgehead atoms. The Kier molecular flexibility index (Phi) is 5.35. The molecule has 0 aliphatic rings. The van der Waals surface area contributed by atoms with Gasteiger partial charge in [-0.2, -0.15) is 10.5 Å². The monoisotopic (exact) mass is 342 g/mol. The second-order valence-corrected chi connectivity index (χ2v) is 6.17. The van der Waals surface area contributed by atoms with Crippen LogP contribution < -0.4 is 16.0 Å². The van der Waals surface area contributed by atoms with Crippen molar-refractivity contribution in [3.63, 3.8) is 0 Å². The Morgan fingerprint density at radius 1 is 1.29 bits per heavy atom. The maximum Gasteiger partial charge on any atom is 0.289 e. The molecule has 0 saturated heterocycles. The summed E-state index contributed by atoms with van der Waals surface area (Å²) in [5, 5.41) is 20.6. The summed E-state index contributed by atoms with van der Waals surface area (Å²) in [5.74, 6) is -0.575. The molecule has 24 heavy (non-hydrogen) atoms. The lowest BCUT2D eigenvalue weighted by Gasteiger charge is -2.11. The van der Waals surface area contributed by atoms with Gasteiger partial charge >= 0.3 is 0 Å². The van der Waals surface area contributed by atoms with Crippen LogP contribution in [0.15, 0.2) is 35.4 Å². The smallest absolute Gasteiger partial charge is 0.289 e. The largest absolute Gasteiger partial charge is 0.325 e. The highest BCUT2D eigenvalue weighted by molar-refractivity contribution is 8.00. The molecule has 0 aliphatic carbocycles. The molecule has 1 aromatic heterocycles. The van der Waals surface area contributed by atoms with Crippen LogP contribution in [0.1, 0.15) is 18.1 Å². The molecule has 8 heteroatoms. The van der Waals surface area contributed by atoms with Crippen LogP contribution in [0.5, 0.6) is 0 Å². The van der Waals surface area contributed by atoms with Crippen molar-refractivity contribution in [3.8, 4) is 12.1 Å². The number of hydrogen-bond donors (Lipinski definition) is 2. The van der Waals surface area contributed by atoms with Crippen molar-refractivity contribution < 1.29 is 14.2 Å². The third kappa shape index (κ3) is 4.00. The lowest BCUT2D eigenvalue weighted by Crippen LogP contribution is -2.25. The molecule has 0 spiro atoms. The number of halogens is 1. The van der Waals surface area contributed by atoms with E-state index in [1.54, 1.807) is 6.92 Å². The van der Waals surface area contributed by atoms with Gasteiger partial charge in [-0.3, -0.25) is 10.5 Å². The Bertz CT molecular complexity index is 854. The van der Waals surface area contributed by atoms with Gasteiger partial charge in [-0.15, -0.1) is 0 Å². The summed E-state index contributed by atoms with van der Waals surface area (Å²) >= 11 is 1.11. The number of nitrogens with one attached hydrogen (secondary N) is 2. The zero-order valence-corrected chi connectivity index (χ0v) is 13.4. The number of rotatable bonds is 4. The van der Waals surface area contributed by atoms with E-state index in [-0.39, 0.29) is 22.9 Å². The molecule has 1 heterocycles. The van der Waals surface area contributed by atoms with E-state index in [2.05, 4.69) is 10.3 Å². The zero-order chi connectivity index (χ0) is 17.7. The molecular formula is C16H13FN5OS+. The number of nitrogens with zero attached hydrogens (tertiary/aromatic N) is 2. The average Bonchev–Trinajstić information content (AvgIpc) is 2.57. The van der Waals surface area contributed by atoms with Crippen LogP contribution in [0.3, 0.4) is 0 Å². The standard InChI is InChI=1S/C16H12FN5OS/c1-9(15(23)21-13-4-2-12(17)3-5-13)24-16-11(8-19)6-10(7-18)14(20)22-16/h2-6,9H,1H3,(H2,20,22)(H,21,23)/p+1/t9-/m1/s1. The number of nitriles is 2. The van der Waals surface area contributed by atoms with E-state index in [0.29, 0.717) is 10.7 Å². The highest BCUT2D eigenvalue weighted by atomic mass is 32.2. The molecule has 1 amide bonds. The van der Waals surface area contributed by atoms with Gasteiger partial charge in [0, 0.05) is 5.69 Å². The summed E-state index contributed by atoms with van der Waals surface area (Å²) in [6.07, 6.45) is 0. The number of pyridine rings is 1. The van der Waals surface area contributed by atoms with Gasteiger partial charge in [0.15, 0.2) is 5.03 Å². The van der Waals surface area contributed by atoms with Crippen molar-refractivity contribution in [3.05, 3.63) is 47.3 Å². The lowest BCUT2D eigenvalue weighted by atomic mass is 10.2. The van der Waals surface area contributed by atoms with E-state index < -0.39 is 11.1 Å². The number of benzene rings is 1. The fraction of sp³-hybridized carbons (Fsp3) is 0.125. The van der Waals surface area contributed by atoms with Crippen LogP contribution in [0.2, 0.25) is 0 Å². The van der Waals surface area contributed by atoms with Gasteiger partial charge in [0.2, 0.25) is 5.91 Å². The molecule has 0 fully saturated rings. The Labute approximate surface area is 142 Å². The number of carbonyl (C=O) groups is 1. The summed E-state index contributed by atoms with van der Waals surface area (Å²) in [5.41, 5.74) is 6.57. The average molecular weight is 342 g/mol. The molecule has 2 aromatic rings. The first-order valence-corrected chi connectivity index (χ1v) is 7.71. The van der Waals surface area contributed by atoms with E-state index in [9.17, 15) is 14.4 Å². The predicted octanol–water partition coefficient (Wildman–Crippen LogP) is 2.08. The van der Waals surface area contributed by atoms with Gasteiger partial charge in [-0.25, -0.2) is 9.37 Å². The molecule has 1 aromatic carbocycles. The van der Waals surface area contributed by atoms with Crippen LogP contribution in [0, 0.1) is 28.5 Å². The first-order valence-electron chi connectivity index (χ1n) is 6.83. The third-order valence-electron chi connectivity index (χ3n) is 3.09. The first-order chi connectivity index (χ1) is 11.4. The van der Waals surface area contributed by atoms with E-state index in [0.717, 1.165) is 11.8 Å². The first kappa shape index (κ1) is 17.3. The van der Waals surface area contributed by atoms with Crippen molar-refractivity contribution in [2.24, 2.45) is 0 Å². The van der Waals surface area contributed by atoms with E-state index in [4.69, 9.17) is 11.0 Å². The van der Waals surface area contributed by atoms with Crippen LogP contribution in [-0.2, 0) is 4.79 Å². The normalized spacial score (nSPS) is 11.2. The number of anilines is 2. The Morgan fingerprint density at radius 3 is 2.50 bits per heavy atom. The summed E-state index contributed by atoms with van der Waals surface area (Å²) in [7, 11) is 0. The topological polar surface area (TPSA) is 117 Å². The van der Waals surface area contributed by atoms with Crippen molar-refractivity contribution >= 4 is 29.2 Å². The number of hydrogen-bond acceptors (Lipinski definition) is 5. The van der Waals surface area contributed by atoms with E-state index in [1.807, 2.05) is 12.1 Å². The number of aromatic amines is 1. The second-order valence-electron chi connectivity index (χ2n) is 4.82. The van der Waals surface area contributed by atoms with Crippen LogP contribution in [0.25, 0.3) is 0 Å². The van der Waals surface area contributed by atoms with Crippen LogP contribution in [-0.4, -0.2) is 11.2 Å². The van der Waals surface area contributed by atoms with Gasteiger partial charge < -0.3 is 5.32 Å². The second kappa shape index (κ2) is 7.44. The minimum absolute atomic E-state index is 0.130. The quantitative estimate of drug-likeness (QED) is 0.825. The molecule has 0 aliphatic heterocycles. The van der Waals surface area contributed by atoms with Crippen molar-refractivity contribution in [2.75, 3.05) is 11.1 Å². The highest BCUT2D eigenvalue weighted by Crippen LogP contribution is 2.25. The molecule has 1 atom stereocenters. The minimum atomic E-state index is -0.550. The number of H-pyrrole nitrogens is 1. The number of nitrogens with two attached hydrogens (primary N) is 1. The van der Waals surface area contributed by atoms with Crippen LogP contribution in [0.4, 0.5) is 15.9 Å². The molecular weight excluding hydrogens is 329 g/mol. The Balaban J connectivity index is 2.14. The van der Waals surface area contributed by atoms with Crippen molar-refractivity contribution in [1.29, 1.82) is 10.5 Å². The maximum atomic E-state index is 12.9.